The van der Waals surface area contributed by atoms with E-state index in [0.29, 0.717) is 11.7 Å². The van der Waals surface area contributed by atoms with Crippen LogP contribution in [0.4, 0.5) is 0 Å². The van der Waals surface area contributed by atoms with Gasteiger partial charge in [0.25, 0.3) is 5.91 Å². The third-order valence-corrected chi connectivity index (χ3v) is 3.15. The zero-order valence-corrected chi connectivity index (χ0v) is 10.5. The lowest BCUT2D eigenvalue weighted by atomic mass is 10.1. The minimum absolute atomic E-state index is 0.151. The predicted octanol–water partition coefficient (Wildman–Crippen LogP) is 0.492. The van der Waals surface area contributed by atoms with E-state index in [1.165, 1.54) is 7.11 Å². The number of carbonyl (C=O) groups excluding carboxylic acids is 2. The van der Waals surface area contributed by atoms with Crippen LogP contribution in [0.1, 0.15) is 29.9 Å². The van der Waals surface area contributed by atoms with E-state index in [9.17, 15) is 9.59 Å². The van der Waals surface area contributed by atoms with Gasteiger partial charge in [0.1, 0.15) is 0 Å². The van der Waals surface area contributed by atoms with Crippen LogP contribution in [0.5, 0.6) is 0 Å². The highest BCUT2D eigenvalue weighted by molar-refractivity contribution is 5.91. The fraction of sp³-hybridized carbons (Fsp3) is 0.583. The van der Waals surface area contributed by atoms with Crippen molar-refractivity contribution >= 4 is 11.9 Å². The van der Waals surface area contributed by atoms with Gasteiger partial charge in [-0.1, -0.05) is 0 Å². The second kappa shape index (κ2) is 5.20. The molecule has 98 valence electrons. The van der Waals surface area contributed by atoms with E-state index in [1.54, 1.807) is 24.0 Å². The van der Waals surface area contributed by atoms with Crippen LogP contribution in [0.15, 0.2) is 12.4 Å². The first-order valence-electron chi connectivity index (χ1n) is 5.97. The minimum Gasteiger partial charge on any atom is -0.469 e. The Balaban J connectivity index is 1.98. The Morgan fingerprint density at radius 1 is 1.61 bits per heavy atom. The molecule has 1 aromatic rings. The molecule has 1 heterocycles. The van der Waals surface area contributed by atoms with Crippen LogP contribution in [-0.4, -0.2) is 34.6 Å². The number of nitrogens with one attached hydrogen (secondary N) is 1. The quantitative estimate of drug-likeness (QED) is 0.773. The van der Waals surface area contributed by atoms with Crippen molar-refractivity contribution in [3.8, 4) is 0 Å². The molecule has 0 radical (unpaired) electrons. The summed E-state index contributed by atoms with van der Waals surface area (Å²) in [5.74, 6) is 0.189. The third kappa shape index (κ3) is 2.88. The molecule has 0 spiro atoms. The molecule has 1 aliphatic rings. The Bertz CT molecular complexity index is 451. The maximum atomic E-state index is 12.0. The predicted molar refractivity (Wildman–Crippen MR) is 63.8 cm³/mol. The average molecular weight is 251 g/mol. The molecule has 1 fully saturated rings. The molecule has 6 nitrogen and oxygen atoms in total. The molecule has 0 aromatic carbocycles. The number of aromatic nitrogens is 2. The van der Waals surface area contributed by atoms with Crippen molar-refractivity contribution in [3.63, 3.8) is 0 Å². The highest BCUT2D eigenvalue weighted by atomic mass is 16.5. The molecule has 0 bridgehead atoms. The van der Waals surface area contributed by atoms with Gasteiger partial charge in [0.15, 0.2) is 5.82 Å². The average Bonchev–Trinajstić information content (AvgIpc) is 3.10. The van der Waals surface area contributed by atoms with Crippen LogP contribution in [-0.2, 0) is 16.6 Å². The first kappa shape index (κ1) is 12.6. The summed E-state index contributed by atoms with van der Waals surface area (Å²) in [5.41, 5.74) is 0. The lowest BCUT2D eigenvalue weighted by molar-refractivity contribution is -0.141. The molecular formula is C12H17N3O3. The Morgan fingerprint density at radius 3 is 2.83 bits per heavy atom. The number of rotatable bonds is 5. The maximum Gasteiger partial charge on any atom is 0.307 e. The fourth-order valence-electron chi connectivity index (χ4n) is 1.91. The lowest BCUT2D eigenvalue weighted by Crippen LogP contribution is -2.39. The largest absolute Gasteiger partial charge is 0.469 e. The van der Waals surface area contributed by atoms with Gasteiger partial charge in [0.05, 0.1) is 13.5 Å². The number of imidazole rings is 1. The molecule has 1 atom stereocenters. The third-order valence-electron chi connectivity index (χ3n) is 3.15. The van der Waals surface area contributed by atoms with Gasteiger partial charge in [0.2, 0.25) is 0 Å². The second-order valence-corrected chi connectivity index (χ2v) is 4.56. The number of ether oxygens (including phenoxy) is 1. The fourth-order valence-corrected chi connectivity index (χ4v) is 1.91. The molecule has 0 aliphatic heterocycles. The Morgan fingerprint density at radius 2 is 2.33 bits per heavy atom. The molecule has 0 unspecified atom stereocenters. The Kier molecular flexibility index (Phi) is 3.64. The number of methoxy groups -OCH3 is 1. The summed E-state index contributed by atoms with van der Waals surface area (Å²) in [6.45, 7) is 0. The van der Waals surface area contributed by atoms with Crippen molar-refractivity contribution in [2.75, 3.05) is 7.11 Å². The van der Waals surface area contributed by atoms with Gasteiger partial charge in [-0.25, -0.2) is 4.98 Å². The van der Waals surface area contributed by atoms with Gasteiger partial charge < -0.3 is 14.6 Å². The zero-order chi connectivity index (χ0) is 13.1. The van der Waals surface area contributed by atoms with Crippen LogP contribution in [0.25, 0.3) is 0 Å². The maximum absolute atomic E-state index is 12.0. The van der Waals surface area contributed by atoms with E-state index in [2.05, 4.69) is 15.0 Å². The minimum atomic E-state index is -0.299. The second-order valence-electron chi connectivity index (χ2n) is 4.56. The summed E-state index contributed by atoms with van der Waals surface area (Å²) in [6, 6.07) is -0.151. The highest BCUT2D eigenvalue weighted by Gasteiger charge is 2.34. The monoisotopic (exact) mass is 251 g/mol. The molecule has 2 rings (SSSR count). The number of hydrogen-bond donors (Lipinski definition) is 1. The molecule has 1 amide bonds. The van der Waals surface area contributed by atoms with E-state index in [1.807, 2.05) is 0 Å². The number of nitrogens with zero attached hydrogens (tertiary/aromatic N) is 2. The van der Waals surface area contributed by atoms with E-state index < -0.39 is 0 Å². The van der Waals surface area contributed by atoms with Crippen LogP contribution in [0.2, 0.25) is 0 Å². The molecule has 18 heavy (non-hydrogen) atoms. The first-order valence-corrected chi connectivity index (χ1v) is 5.97. The van der Waals surface area contributed by atoms with Gasteiger partial charge in [-0.05, 0) is 18.8 Å². The van der Waals surface area contributed by atoms with Crippen LogP contribution < -0.4 is 5.32 Å². The van der Waals surface area contributed by atoms with Gasteiger partial charge >= 0.3 is 5.97 Å². The first-order chi connectivity index (χ1) is 8.61. The summed E-state index contributed by atoms with van der Waals surface area (Å²) >= 11 is 0. The van der Waals surface area contributed by atoms with Gasteiger partial charge in [0, 0.05) is 25.5 Å². The topological polar surface area (TPSA) is 73.2 Å². The molecule has 1 aliphatic carbocycles. The summed E-state index contributed by atoms with van der Waals surface area (Å²) in [4.78, 5) is 27.3. The molecule has 6 heteroatoms. The molecule has 1 saturated carbocycles. The Hall–Kier alpha value is -1.85. The summed E-state index contributed by atoms with van der Waals surface area (Å²) in [6.07, 6.45) is 5.59. The number of esters is 1. The number of amides is 1. The summed E-state index contributed by atoms with van der Waals surface area (Å²) < 4.78 is 6.29. The number of carbonyl (C=O) groups is 2. The van der Waals surface area contributed by atoms with E-state index in [-0.39, 0.29) is 24.3 Å². The highest BCUT2D eigenvalue weighted by Crippen LogP contribution is 2.34. The van der Waals surface area contributed by atoms with Crippen LogP contribution in [0, 0.1) is 5.92 Å². The summed E-state index contributed by atoms with van der Waals surface area (Å²) in [7, 11) is 3.11. The lowest BCUT2D eigenvalue weighted by Gasteiger charge is -2.16. The van der Waals surface area contributed by atoms with Crippen molar-refractivity contribution in [1.29, 1.82) is 0 Å². The van der Waals surface area contributed by atoms with E-state index >= 15 is 0 Å². The van der Waals surface area contributed by atoms with Gasteiger partial charge in [-0.15, -0.1) is 0 Å². The van der Waals surface area contributed by atoms with Gasteiger partial charge in [-0.3, -0.25) is 9.59 Å². The van der Waals surface area contributed by atoms with Crippen LogP contribution in [0.3, 0.4) is 0 Å². The van der Waals surface area contributed by atoms with E-state index in [0.717, 1.165) is 12.8 Å². The normalized spacial score (nSPS) is 16.1. The Labute approximate surface area is 105 Å². The number of hydrogen-bond acceptors (Lipinski definition) is 4. The summed E-state index contributed by atoms with van der Waals surface area (Å²) in [5, 5.41) is 2.86. The van der Waals surface area contributed by atoms with Crippen molar-refractivity contribution in [2.45, 2.75) is 25.3 Å². The van der Waals surface area contributed by atoms with Gasteiger partial charge in [-0.2, -0.15) is 0 Å². The van der Waals surface area contributed by atoms with Crippen molar-refractivity contribution in [3.05, 3.63) is 18.2 Å². The van der Waals surface area contributed by atoms with Crippen molar-refractivity contribution in [2.24, 2.45) is 13.0 Å². The van der Waals surface area contributed by atoms with Crippen molar-refractivity contribution in [1.82, 2.24) is 14.9 Å². The number of aryl methyl sites for hydroxylation is 1. The van der Waals surface area contributed by atoms with E-state index in [4.69, 9.17) is 0 Å². The molecular weight excluding hydrogens is 234 g/mol. The molecule has 1 N–H and O–H groups in total. The zero-order valence-electron chi connectivity index (χ0n) is 10.5. The smallest absolute Gasteiger partial charge is 0.307 e. The molecule has 1 aromatic heterocycles. The van der Waals surface area contributed by atoms with Crippen molar-refractivity contribution < 1.29 is 14.3 Å². The standard InChI is InChI=1S/C12H17N3O3/c1-15-6-5-13-11(15)12(17)14-9(8-3-4-8)7-10(16)18-2/h5-6,8-9H,3-4,7H2,1-2H3,(H,14,17)/t9-/m1/s1. The van der Waals surface area contributed by atoms with Crippen LogP contribution >= 0.6 is 0 Å². The SMILES string of the molecule is COC(=O)C[C@@H](NC(=O)c1nccn1C)C1CC1. The molecule has 0 saturated heterocycles.